The summed E-state index contributed by atoms with van der Waals surface area (Å²) in [6.45, 7) is 6.46. The lowest BCUT2D eigenvalue weighted by molar-refractivity contribution is -0.0198. The molecule has 4 aliphatic rings. The van der Waals surface area contributed by atoms with Crippen molar-refractivity contribution in [1.82, 2.24) is 24.8 Å². The standard InChI is InChI=1S/C30H40N6O2/c31-28-27-26(22-2-1-3-25(16-22)37-19-30-10-8-24(38-30)9-11-30)18-36(29(27)34-20-33-28)23-6-4-21(5-7-23)17-35-14-12-32-13-15-35/h1-3,16,18,20-21,23-24,32H,4-15,17,19H2,(H2,31,33,34)/t21-,23-,24?,30?. The van der Waals surface area contributed by atoms with Gasteiger partial charge in [0.25, 0.3) is 0 Å². The Hall–Kier alpha value is -2.68. The molecule has 8 heteroatoms. The number of nitrogens with one attached hydrogen (secondary N) is 1. The van der Waals surface area contributed by atoms with E-state index in [9.17, 15) is 0 Å². The van der Waals surface area contributed by atoms with Crippen LogP contribution in [0.4, 0.5) is 5.82 Å². The molecule has 202 valence electrons. The molecule has 3 aliphatic heterocycles. The number of hydrogen-bond acceptors (Lipinski definition) is 7. The van der Waals surface area contributed by atoms with Gasteiger partial charge in [0.1, 0.15) is 35.7 Å². The van der Waals surface area contributed by atoms with Gasteiger partial charge >= 0.3 is 0 Å². The predicted molar refractivity (Wildman–Crippen MR) is 149 cm³/mol. The molecule has 1 aliphatic carbocycles. The number of benzene rings is 1. The van der Waals surface area contributed by atoms with Crippen LogP contribution in [-0.4, -0.2) is 70.5 Å². The van der Waals surface area contributed by atoms with Gasteiger partial charge in [0.15, 0.2) is 0 Å². The van der Waals surface area contributed by atoms with E-state index in [1.807, 2.05) is 6.07 Å². The molecule has 8 nitrogen and oxygen atoms in total. The average Bonchev–Trinajstić information content (AvgIpc) is 3.68. The number of fused-ring (bicyclic) bond motifs is 3. The van der Waals surface area contributed by atoms with E-state index in [1.54, 1.807) is 6.33 Å². The second kappa shape index (κ2) is 10.1. The molecule has 0 atom stereocenters. The molecule has 7 rings (SSSR count). The van der Waals surface area contributed by atoms with E-state index in [4.69, 9.17) is 20.2 Å². The third-order valence-corrected chi connectivity index (χ3v) is 9.48. The highest BCUT2D eigenvalue weighted by atomic mass is 16.6. The fourth-order valence-corrected chi connectivity index (χ4v) is 7.32. The van der Waals surface area contributed by atoms with Crippen molar-refractivity contribution in [1.29, 1.82) is 0 Å². The van der Waals surface area contributed by atoms with Gasteiger partial charge in [0, 0.05) is 50.5 Å². The lowest BCUT2D eigenvalue weighted by Crippen LogP contribution is -2.45. The van der Waals surface area contributed by atoms with Gasteiger partial charge in [-0.2, -0.15) is 0 Å². The van der Waals surface area contributed by atoms with Crippen LogP contribution >= 0.6 is 0 Å². The van der Waals surface area contributed by atoms with E-state index in [-0.39, 0.29) is 5.60 Å². The van der Waals surface area contributed by atoms with Crippen molar-refractivity contribution in [2.24, 2.45) is 5.92 Å². The maximum absolute atomic E-state index is 6.46. The van der Waals surface area contributed by atoms with E-state index in [0.29, 0.717) is 24.6 Å². The van der Waals surface area contributed by atoms with Gasteiger partial charge in [-0.3, -0.25) is 0 Å². The maximum Gasteiger partial charge on any atom is 0.146 e. The van der Waals surface area contributed by atoms with Crippen molar-refractivity contribution >= 4 is 16.9 Å². The Kier molecular flexibility index (Phi) is 6.50. The fraction of sp³-hybridized carbons (Fsp3) is 0.600. The number of hydrogen-bond donors (Lipinski definition) is 2. The molecule has 38 heavy (non-hydrogen) atoms. The summed E-state index contributed by atoms with van der Waals surface area (Å²) in [5, 5.41) is 4.41. The predicted octanol–water partition coefficient (Wildman–Crippen LogP) is 4.41. The second-order valence-corrected chi connectivity index (χ2v) is 11.9. The minimum Gasteiger partial charge on any atom is -0.491 e. The summed E-state index contributed by atoms with van der Waals surface area (Å²) < 4.78 is 14.9. The lowest BCUT2D eigenvalue weighted by Gasteiger charge is -2.35. The number of aromatic nitrogens is 3. The Labute approximate surface area is 224 Å². The Morgan fingerprint density at radius 2 is 1.87 bits per heavy atom. The van der Waals surface area contributed by atoms with Gasteiger partial charge in [-0.05, 0) is 75.0 Å². The van der Waals surface area contributed by atoms with Crippen LogP contribution in [0.25, 0.3) is 22.2 Å². The van der Waals surface area contributed by atoms with E-state index < -0.39 is 0 Å². The number of nitrogen functional groups attached to an aromatic ring is 1. The third-order valence-electron chi connectivity index (χ3n) is 9.48. The van der Waals surface area contributed by atoms with Crippen LogP contribution in [0.3, 0.4) is 0 Å². The highest BCUT2D eigenvalue weighted by Gasteiger charge is 2.46. The fourth-order valence-electron chi connectivity index (χ4n) is 7.32. The first-order valence-corrected chi connectivity index (χ1v) is 14.6. The minimum atomic E-state index is -0.0846. The monoisotopic (exact) mass is 516 g/mol. The zero-order chi connectivity index (χ0) is 25.5. The number of nitrogens with two attached hydrogens (primary N) is 1. The molecule has 0 spiro atoms. The first-order valence-electron chi connectivity index (χ1n) is 14.6. The number of rotatable bonds is 7. The summed E-state index contributed by atoms with van der Waals surface area (Å²) in [5.74, 6) is 2.20. The van der Waals surface area contributed by atoms with Crippen LogP contribution in [0.1, 0.15) is 57.4 Å². The van der Waals surface area contributed by atoms with Crippen LogP contribution in [0.15, 0.2) is 36.8 Å². The number of ether oxygens (including phenoxy) is 2. The van der Waals surface area contributed by atoms with Crippen LogP contribution in [0, 0.1) is 5.92 Å². The molecule has 0 unspecified atom stereocenters. The molecule has 3 saturated heterocycles. The van der Waals surface area contributed by atoms with Crippen LogP contribution in [0.5, 0.6) is 5.75 Å². The molecule has 3 N–H and O–H groups in total. The molecule has 2 bridgehead atoms. The van der Waals surface area contributed by atoms with Gasteiger partial charge in [0.2, 0.25) is 0 Å². The normalized spacial score (nSPS) is 29.7. The molecule has 0 amide bonds. The maximum atomic E-state index is 6.46. The van der Waals surface area contributed by atoms with E-state index in [1.165, 1.54) is 58.2 Å². The Balaban J connectivity index is 1.10. The highest BCUT2D eigenvalue weighted by Crippen LogP contribution is 2.44. The summed E-state index contributed by atoms with van der Waals surface area (Å²) in [6.07, 6.45) is 13.7. The summed E-state index contributed by atoms with van der Waals surface area (Å²) in [7, 11) is 0. The Bertz CT molecular complexity index is 1270. The molecular weight excluding hydrogens is 476 g/mol. The van der Waals surface area contributed by atoms with Crippen LogP contribution in [0.2, 0.25) is 0 Å². The Morgan fingerprint density at radius 3 is 2.63 bits per heavy atom. The van der Waals surface area contributed by atoms with Crippen molar-refractivity contribution in [3.05, 3.63) is 36.8 Å². The first-order chi connectivity index (χ1) is 18.7. The van der Waals surface area contributed by atoms with Gasteiger partial charge in [-0.1, -0.05) is 12.1 Å². The molecule has 1 aromatic carbocycles. The molecule has 0 radical (unpaired) electrons. The molecule has 3 aromatic rings. The molecule has 4 fully saturated rings. The van der Waals surface area contributed by atoms with Crippen LogP contribution < -0.4 is 15.8 Å². The molecule has 2 aromatic heterocycles. The lowest BCUT2D eigenvalue weighted by atomic mass is 9.85. The van der Waals surface area contributed by atoms with Gasteiger partial charge in [-0.25, -0.2) is 9.97 Å². The first kappa shape index (κ1) is 24.4. The van der Waals surface area contributed by atoms with Gasteiger partial charge in [-0.15, -0.1) is 0 Å². The van der Waals surface area contributed by atoms with Crippen molar-refractivity contribution in [3.63, 3.8) is 0 Å². The zero-order valence-electron chi connectivity index (χ0n) is 22.3. The topological polar surface area (TPSA) is 90.5 Å². The average molecular weight is 517 g/mol. The summed E-state index contributed by atoms with van der Waals surface area (Å²) in [6, 6.07) is 8.82. The minimum absolute atomic E-state index is 0.0846. The third kappa shape index (κ3) is 4.67. The Morgan fingerprint density at radius 1 is 1.05 bits per heavy atom. The summed E-state index contributed by atoms with van der Waals surface area (Å²) in [5.41, 5.74) is 9.50. The van der Waals surface area contributed by atoms with Crippen molar-refractivity contribution in [2.45, 2.75) is 69.1 Å². The number of anilines is 1. The summed E-state index contributed by atoms with van der Waals surface area (Å²) >= 11 is 0. The largest absolute Gasteiger partial charge is 0.491 e. The molecular formula is C30H40N6O2. The zero-order valence-corrected chi connectivity index (χ0v) is 22.3. The molecule has 5 heterocycles. The van der Waals surface area contributed by atoms with Gasteiger partial charge in [0.05, 0.1) is 11.5 Å². The second-order valence-electron chi connectivity index (χ2n) is 11.9. The number of nitrogens with zero attached hydrogens (tertiary/aromatic N) is 4. The van der Waals surface area contributed by atoms with Crippen molar-refractivity contribution < 1.29 is 9.47 Å². The SMILES string of the molecule is Nc1ncnc2c1c(-c1cccc(OCC34CCC(CC3)O4)c1)cn2[C@H]1CC[C@H](CN2CCNCC2)CC1. The summed E-state index contributed by atoms with van der Waals surface area (Å²) in [4.78, 5) is 11.7. The number of piperazine rings is 1. The van der Waals surface area contributed by atoms with Crippen LogP contribution in [-0.2, 0) is 4.74 Å². The van der Waals surface area contributed by atoms with Gasteiger partial charge < -0.3 is 30.0 Å². The van der Waals surface area contributed by atoms with E-state index >= 15 is 0 Å². The van der Waals surface area contributed by atoms with Crippen molar-refractivity contribution in [3.8, 4) is 16.9 Å². The highest BCUT2D eigenvalue weighted by molar-refractivity contribution is 6.00. The quantitative estimate of drug-likeness (QED) is 0.481. The van der Waals surface area contributed by atoms with E-state index in [0.717, 1.165) is 59.8 Å². The smallest absolute Gasteiger partial charge is 0.146 e. The molecule has 1 saturated carbocycles. The van der Waals surface area contributed by atoms with Crippen molar-refractivity contribution in [2.75, 3.05) is 45.1 Å². The van der Waals surface area contributed by atoms with E-state index in [2.05, 4.69) is 44.2 Å².